The van der Waals surface area contributed by atoms with Gasteiger partial charge < -0.3 is 15.3 Å². The Bertz CT molecular complexity index is 547. The lowest BCUT2D eigenvalue weighted by Gasteiger charge is -1.99. The van der Waals surface area contributed by atoms with Crippen molar-refractivity contribution in [1.29, 1.82) is 0 Å². The van der Waals surface area contributed by atoms with Crippen molar-refractivity contribution in [3.8, 4) is 17.2 Å². The van der Waals surface area contributed by atoms with Crippen LogP contribution in [0.2, 0.25) is 0 Å². The average molecular weight is 229 g/mol. The molecule has 86 valence electrons. The molecule has 0 saturated heterocycles. The molecule has 0 radical (unpaired) electrons. The molecule has 0 heterocycles. The monoisotopic (exact) mass is 229 g/mol. The number of phenolic OH excluding ortho intramolecular Hbond substituents is 3. The van der Waals surface area contributed by atoms with Gasteiger partial charge in [-0.1, -0.05) is 0 Å². The zero-order chi connectivity index (χ0) is 12.3. The van der Waals surface area contributed by atoms with Gasteiger partial charge in [-0.3, -0.25) is 4.99 Å². The number of hydrogen-bond acceptors (Lipinski definition) is 4. The quantitative estimate of drug-likeness (QED) is 0.547. The van der Waals surface area contributed by atoms with E-state index >= 15 is 0 Å². The molecule has 0 aromatic heterocycles. The molecule has 3 N–H and O–H groups in total. The smallest absolute Gasteiger partial charge is 0.124 e. The maximum Gasteiger partial charge on any atom is 0.124 e. The molecule has 0 amide bonds. The topological polar surface area (TPSA) is 73.1 Å². The first-order valence-electron chi connectivity index (χ1n) is 5.00. The van der Waals surface area contributed by atoms with Crippen LogP contribution in [0.4, 0.5) is 5.69 Å². The van der Waals surface area contributed by atoms with Gasteiger partial charge in [0.05, 0.1) is 5.69 Å². The van der Waals surface area contributed by atoms with Gasteiger partial charge in [0.1, 0.15) is 17.2 Å². The van der Waals surface area contributed by atoms with Gasteiger partial charge in [-0.05, 0) is 42.5 Å². The summed E-state index contributed by atoms with van der Waals surface area (Å²) in [4.78, 5) is 4.11. The summed E-state index contributed by atoms with van der Waals surface area (Å²) in [6.07, 6.45) is 1.45. The molecule has 4 heteroatoms. The normalized spacial score (nSPS) is 10.8. The van der Waals surface area contributed by atoms with E-state index < -0.39 is 0 Å². The van der Waals surface area contributed by atoms with E-state index in [0.717, 1.165) is 0 Å². The highest BCUT2D eigenvalue weighted by molar-refractivity contribution is 5.85. The van der Waals surface area contributed by atoms with E-state index in [0.29, 0.717) is 11.3 Å². The third kappa shape index (κ3) is 2.75. The predicted octanol–water partition coefficient (Wildman–Crippen LogP) is 2.55. The van der Waals surface area contributed by atoms with E-state index in [9.17, 15) is 10.2 Å². The molecule has 0 saturated carbocycles. The van der Waals surface area contributed by atoms with E-state index in [2.05, 4.69) is 4.99 Å². The third-order valence-corrected chi connectivity index (χ3v) is 2.21. The Kier molecular flexibility index (Phi) is 2.96. The van der Waals surface area contributed by atoms with Crippen LogP contribution < -0.4 is 0 Å². The molecule has 0 aliphatic heterocycles. The van der Waals surface area contributed by atoms with Crippen LogP contribution in [0.15, 0.2) is 47.5 Å². The molecule has 4 nitrogen and oxygen atoms in total. The van der Waals surface area contributed by atoms with Gasteiger partial charge in [0.15, 0.2) is 0 Å². The summed E-state index contributed by atoms with van der Waals surface area (Å²) in [5.74, 6) is 0.282. The Labute approximate surface area is 98.1 Å². The minimum Gasteiger partial charge on any atom is -0.508 e. The van der Waals surface area contributed by atoms with E-state index in [1.54, 1.807) is 12.1 Å². The fourth-order valence-corrected chi connectivity index (χ4v) is 1.33. The van der Waals surface area contributed by atoms with E-state index in [1.807, 2.05) is 0 Å². The number of benzene rings is 2. The highest BCUT2D eigenvalue weighted by Crippen LogP contribution is 2.22. The largest absolute Gasteiger partial charge is 0.508 e. The Morgan fingerprint density at radius 2 is 1.47 bits per heavy atom. The van der Waals surface area contributed by atoms with Crippen molar-refractivity contribution in [2.24, 2.45) is 4.99 Å². The molecule has 0 bridgehead atoms. The van der Waals surface area contributed by atoms with Crippen molar-refractivity contribution in [3.63, 3.8) is 0 Å². The number of hydrogen-bond donors (Lipinski definition) is 3. The van der Waals surface area contributed by atoms with Crippen molar-refractivity contribution in [3.05, 3.63) is 48.0 Å². The summed E-state index contributed by atoms with van der Waals surface area (Å²) in [5.41, 5.74) is 1.07. The maximum atomic E-state index is 9.51. The van der Waals surface area contributed by atoms with Crippen LogP contribution in [0.25, 0.3) is 0 Å². The molecular formula is C13H11NO3. The molecule has 0 aliphatic carbocycles. The van der Waals surface area contributed by atoms with Crippen molar-refractivity contribution in [2.45, 2.75) is 0 Å². The molecule has 2 aromatic carbocycles. The highest BCUT2D eigenvalue weighted by Gasteiger charge is 1.99. The fourth-order valence-electron chi connectivity index (χ4n) is 1.33. The number of aliphatic imine (C=N–C) groups is 1. The Balaban J connectivity index is 2.25. The maximum absolute atomic E-state index is 9.51. The minimum atomic E-state index is 0.0466. The Morgan fingerprint density at radius 3 is 2.18 bits per heavy atom. The molecule has 0 atom stereocenters. The molecule has 2 rings (SSSR count). The molecule has 17 heavy (non-hydrogen) atoms. The molecular weight excluding hydrogens is 218 g/mol. The second-order valence-electron chi connectivity index (χ2n) is 3.52. The number of aromatic hydroxyl groups is 3. The zero-order valence-electron chi connectivity index (χ0n) is 8.91. The van der Waals surface area contributed by atoms with Gasteiger partial charge in [-0.2, -0.15) is 0 Å². The first kappa shape index (κ1) is 11.0. The first-order valence-corrected chi connectivity index (χ1v) is 5.00. The van der Waals surface area contributed by atoms with Crippen molar-refractivity contribution in [2.75, 3.05) is 0 Å². The van der Waals surface area contributed by atoms with Crippen LogP contribution in [0.5, 0.6) is 17.2 Å². The second-order valence-corrected chi connectivity index (χ2v) is 3.52. The summed E-state index contributed by atoms with van der Waals surface area (Å²) in [7, 11) is 0. The molecule has 0 unspecified atom stereocenters. The van der Waals surface area contributed by atoms with Gasteiger partial charge in [0, 0.05) is 11.8 Å². The van der Waals surface area contributed by atoms with E-state index in [1.165, 1.54) is 36.5 Å². The Hall–Kier alpha value is -2.49. The van der Waals surface area contributed by atoms with Crippen LogP contribution in [-0.4, -0.2) is 21.5 Å². The summed E-state index contributed by atoms with van der Waals surface area (Å²) in [6.45, 7) is 0. The number of phenols is 3. The third-order valence-electron chi connectivity index (χ3n) is 2.21. The Morgan fingerprint density at radius 1 is 0.824 bits per heavy atom. The zero-order valence-corrected chi connectivity index (χ0v) is 8.91. The van der Waals surface area contributed by atoms with Gasteiger partial charge in [0.2, 0.25) is 0 Å². The summed E-state index contributed by atoms with van der Waals surface area (Å²) in [6, 6.07) is 10.5. The molecule has 2 aromatic rings. The van der Waals surface area contributed by atoms with Crippen LogP contribution >= 0.6 is 0 Å². The lowest BCUT2D eigenvalue weighted by molar-refractivity contribution is 0.459. The second kappa shape index (κ2) is 4.57. The van der Waals surface area contributed by atoms with Crippen LogP contribution in [0.1, 0.15) is 5.56 Å². The van der Waals surface area contributed by atoms with Gasteiger partial charge in [-0.15, -0.1) is 0 Å². The molecule has 0 spiro atoms. The van der Waals surface area contributed by atoms with E-state index in [-0.39, 0.29) is 17.2 Å². The van der Waals surface area contributed by atoms with Crippen LogP contribution in [0, 0.1) is 0 Å². The van der Waals surface area contributed by atoms with Crippen molar-refractivity contribution in [1.82, 2.24) is 0 Å². The number of rotatable bonds is 2. The lowest BCUT2D eigenvalue weighted by Crippen LogP contribution is -1.81. The number of nitrogens with zero attached hydrogens (tertiary/aromatic N) is 1. The standard InChI is InChI=1S/C13H11NO3/c15-11-3-1-10(2-4-11)14-8-9-7-12(16)5-6-13(9)17/h1-8,15-17H/b14-8+. The lowest BCUT2D eigenvalue weighted by atomic mass is 10.2. The van der Waals surface area contributed by atoms with Crippen molar-refractivity contribution >= 4 is 11.9 Å². The van der Waals surface area contributed by atoms with Crippen molar-refractivity contribution < 1.29 is 15.3 Å². The van der Waals surface area contributed by atoms with Crippen LogP contribution in [0.3, 0.4) is 0 Å². The first-order chi connectivity index (χ1) is 8.15. The SMILES string of the molecule is Oc1ccc(/N=C/c2cc(O)ccc2O)cc1. The van der Waals surface area contributed by atoms with Gasteiger partial charge in [0.25, 0.3) is 0 Å². The summed E-state index contributed by atoms with van der Waals surface area (Å²) >= 11 is 0. The van der Waals surface area contributed by atoms with E-state index in [4.69, 9.17) is 5.11 Å². The summed E-state index contributed by atoms with van der Waals surface area (Å²) in [5, 5.41) is 27.9. The van der Waals surface area contributed by atoms with Crippen LogP contribution in [-0.2, 0) is 0 Å². The predicted molar refractivity (Wildman–Crippen MR) is 65.1 cm³/mol. The molecule has 0 aliphatic rings. The average Bonchev–Trinajstić information content (AvgIpc) is 2.32. The minimum absolute atomic E-state index is 0.0466. The van der Waals surface area contributed by atoms with Gasteiger partial charge >= 0.3 is 0 Å². The van der Waals surface area contributed by atoms with Gasteiger partial charge in [-0.25, -0.2) is 0 Å². The fraction of sp³-hybridized carbons (Fsp3) is 0. The molecule has 0 fully saturated rings. The summed E-state index contributed by atoms with van der Waals surface area (Å²) < 4.78 is 0. The highest BCUT2D eigenvalue weighted by atomic mass is 16.3.